The summed E-state index contributed by atoms with van der Waals surface area (Å²) in [5, 5.41) is 16.0. The zero-order valence-electron chi connectivity index (χ0n) is 8.47. The van der Waals surface area contributed by atoms with E-state index in [9.17, 15) is 5.11 Å². The van der Waals surface area contributed by atoms with E-state index in [1.165, 1.54) is 17.9 Å². The Kier molecular flexibility index (Phi) is 2.53. The predicted octanol–water partition coefficient (Wildman–Crippen LogP) is 1.04. The van der Waals surface area contributed by atoms with E-state index in [0.29, 0.717) is 21.9 Å². The highest BCUT2D eigenvalue weighted by Crippen LogP contribution is 2.30. The first kappa shape index (κ1) is 10.5. The lowest BCUT2D eigenvalue weighted by Crippen LogP contribution is -2.09. The summed E-state index contributed by atoms with van der Waals surface area (Å²) in [6.07, 6.45) is 0. The number of rotatable bonds is 2. The molecule has 1 heterocycles. The second-order valence-electron chi connectivity index (χ2n) is 3.11. The van der Waals surface area contributed by atoms with Gasteiger partial charge >= 0.3 is 0 Å². The molecule has 2 rings (SSSR count). The standard InChI is InChI=1S/C9H10N4O2S/c1-15-7-4-5(2-3-6(7)14)8-11-12-9(16)13(8)10/h2-4,14H,10H2,1H3,(H,12,16). The van der Waals surface area contributed by atoms with Crippen molar-refractivity contribution in [2.75, 3.05) is 13.0 Å². The minimum atomic E-state index is 0.0592. The molecule has 0 saturated heterocycles. The van der Waals surface area contributed by atoms with Crippen LogP contribution in [-0.4, -0.2) is 27.1 Å². The number of phenolic OH excluding ortho intramolecular Hbond substituents is 1. The smallest absolute Gasteiger partial charge is 0.214 e. The molecule has 0 bridgehead atoms. The van der Waals surface area contributed by atoms with Crippen molar-refractivity contribution in [1.29, 1.82) is 0 Å². The molecule has 1 aromatic heterocycles. The van der Waals surface area contributed by atoms with Gasteiger partial charge < -0.3 is 15.7 Å². The van der Waals surface area contributed by atoms with Crippen LogP contribution >= 0.6 is 12.2 Å². The number of ether oxygens (including phenoxy) is 1. The number of nitrogen functional groups attached to an aromatic ring is 1. The Morgan fingerprint density at radius 1 is 1.56 bits per heavy atom. The molecule has 7 heteroatoms. The minimum Gasteiger partial charge on any atom is -0.504 e. The van der Waals surface area contributed by atoms with Crippen LogP contribution < -0.4 is 10.6 Å². The van der Waals surface area contributed by atoms with Gasteiger partial charge in [0.2, 0.25) is 4.77 Å². The van der Waals surface area contributed by atoms with Crippen LogP contribution in [-0.2, 0) is 0 Å². The Morgan fingerprint density at radius 2 is 2.31 bits per heavy atom. The zero-order chi connectivity index (χ0) is 11.7. The van der Waals surface area contributed by atoms with Gasteiger partial charge in [0.15, 0.2) is 17.3 Å². The van der Waals surface area contributed by atoms with Gasteiger partial charge in [-0.1, -0.05) is 0 Å². The zero-order valence-corrected chi connectivity index (χ0v) is 9.28. The minimum absolute atomic E-state index is 0.0592. The van der Waals surface area contributed by atoms with Crippen molar-refractivity contribution in [3.8, 4) is 22.9 Å². The highest BCUT2D eigenvalue weighted by molar-refractivity contribution is 7.71. The molecule has 0 saturated carbocycles. The van der Waals surface area contributed by atoms with E-state index in [1.54, 1.807) is 12.1 Å². The Hall–Kier alpha value is -2.02. The summed E-state index contributed by atoms with van der Waals surface area (Å²) in [6.45, 7) is 0. The Labute approximate surface area is 96.3 Å². The number of nitrogens with one attached hydrogen (secondary N) is 1. The maximum absolute atomic E-state index is 9.44. The molecule has 0 aliphatic carbocycles. The van der Waals surface area contributed by atoms with Gasteiger partial charge in [0, 0.05) is 5.56 Å². The molecular weight excluding hydrogens is 228 g/mol. The lowest BCUT2D eigenvalue weighted by molar-refractivity contribution is 0.373. The fourth-order valence-electron chi connectivity index (χ4n) is 1.33. The van der Waals surface area contributed by atoms with Gasteiger partial charge in [0.05, 0.1) is 7.11 Å². The topological polar surface area (TPSA) is 89.1 Å². The maximum Gasteiger partial charge on any atom is 0.214 e. The van der Waals surface area contributed by atoms with Gasteiger partial charge in [0.1, 0.15) is 0 Å². The second kappa shape index (κ2) is 3.86. The van der Waals surface area contributed by atoms with Crippen molar-refractivity contribution in [2.24, 2.45) is 0 Å². The predicted molar refractivity (Wildman–Crippen MR) is 61.2 cm³/mol. The average molecular weight is 238 g/mol. The third-order valence-corrected chi connectivity index (χ3v) is 2.43. The first-order valence-corrected chi connectivity index (χ1v) is 4.84. The van der Waals surface area contributed by atoms with Gasteiger partial charge in [-0.3, -0.25) is 0 Å². The number of H-pyrrole nitrogens is 1. The number of phenols is 1. The summed E-state index contributed by atoms with van der Waals surface area (Å²) in [5.41, 5.74) is 0.699. The van der Waals surface area contributed by atoms with Crippen LogP contribution in [0.3, 0.4) is 0 Å². The highest BCUT2D eigenvalue weighted by atomic mass is 32.1. The van der Waals surface area contributed by atoms with Crippen LogP contribution in [0.1, 0.15) is 0 Å². The third kappa shape index (κ3) is 1.61. The van der Waals surface area contributed by atoms with Crippen LogP contribution in [0.2, 0.25) is 0 Å². The molecule has 16 heavy (non-hydrogen) atoms. The van der Waals surface area contributed by atoms with Crippen molar-refractivity contribution in [3.05, 3.63) is 23.0 Å². The number of aromatic nitrogens is 3. The molecule has 0 radical (unpaired) electrons. The first-order chi connectivity index (χ1) is 7.63. The molecule has 84 valence electrons. The van der Waals surface area contributed by atoms with Crippen molar-refractivity contribution >= 4 is 12.2 Å². The van der Waals surface area contributed by atoms with Crippen LogP contribution in [0, 0.1) is 4.77 Å². The first-order valence-electron chi connectivity index (χ1n) is 4.43. The summed E-state index contributed by atoms with van der Waals surface area (Å²) in [6, 6.07) is 4.81. The van der Waals surface area contributed by atoms with Gasteiger partial charge in [-0.2, -0.15) is 5.10 Å². The SMILES string of the molecule is COc1cc(-c2n[nH]c(=S)n2N)ccc1O. The molecule has 0 spiro atoms. The quantitative estimate of drug-likeness (QED) is 0.537. The number of nitrogens with zero attached hydrogens (tertiary/aromatic N) is 2. The van der Waals surface area contributed by atoms with E-state index < -0.39 is 0 Å². The summed E-state index contributed by atoms with van der Waals surface area (Å²) in [5.74, 6) is 6.57. The molecule has 0 aliphatic rings. The van der Waals surface area contributed by atoms with Crippen LogP contribution in [0.4, 0.5) is 0 Å². The van der Waals surface area contributed by atoms with E-state index in [4.69, 9.17) is 22.8 Å². The average Bonchev–Trinajstić information content (AvgIpc) is 2.61. The normalized spacial score (nSPS) is 10.3. The van der Waals surface area contributed by atoms with Crippen LogP contribution in [0.5, 0.6) is 11.5 Å². The van der Waals surface area contributed by atoms with Crippen molar-refractivity contribution in [1.82, 2.24) is 14.9 Å². The van der Waals surface area contributed by atoms with E-state index >= 15 is 0 Å². The van der Waals surface area contributed by atoms with Gasteiger partial charge in [-0.25, -0.2) is 9.77 Å². The molecule has 0 fully saturated rings. The second-order valence-corrected chi connectivity index (χ2v) is 3.50. The van der Waals surface area contributed by atoms with Crippen molar-refractivity contribution in [2.45, 2.75) is 0 Å². The van der Waals surface area contributed by atoms with Gasteiger partial charge in [-0.15, -0.1) is 0 Å². The number of hydrogen-bond acceptors (Lipinski definition) is 5. The molecule has 2 aromatic rings. The number of aromatic amines is 1. The van der Waals surface area contributed by atoms with Crippen LogP contribution in [0.25, 0.3) is 11.4 Å². The molecule has 0 aliphatic heterocycles. The molecule has 0 amide bonds. The maximum atomic E-state index is 9.44. The fourth-order valence-corrected chi connectivity index (χ4v) is 1.46. The van der Waals surface area contributed by atoms with E-state index in [-0.39, 0.29) is 5.75 Å². The highest BCUT2D eigenvalue weighted by Gasteiger charge is 2.09. The van der Waals surface area contributed by atoms with Crippen molar-refractivity contribution < 1.29 is 9.84 Å². The third-order valence-electron chi connectivity index (χ3n) is 2.14. The Balaban J connectivity index is 2.57. The summed E-state index contributed by atoms with van der Waals surface area (Å²) in [7, 11) is 1.47. The largest absolute Gasteiger partial charge is 0.504 e. The number of hydrogen-bond donors (Lipinski definition) is 3. The van der Waals surface area contributed by atoms with Crippen LogP contribution in [0.15, 0.2) is 18.2 Å². The Bertz CT molecular complexity index is 575. The summed E-state index contributed by atoms with van der Waals surface area (Å²) in [4.78, 5) is 0. The van der Waals surface area contributed by atoms with E-state index in [0.717, 1.165) is 0 Å². The lowest BCUT2D eigenvalue weighted by Gasteiger charge is -2.05. The van der Waals surface area contributed by atoms with Gasteiger partial charge in [0.25, 0.3) is 0 Å². The lowest BCUT2D eigenvalue weighted by atomic mass is 10.2. The van der Waals surface area contributed by atoms with E-state index in [2.05, 4.69) is 10.2 Å². The fraction of sp³-hybridized carbons (Fsp3) is 0.111. The summed E-state index contributed by atoms with van der Waals surface area (Å²) >= 11 is 4.90. The molecule has 0 atom stereocenters. The number of methoxy groups -OCH3 is 1. The summed E-state index contributed by atoms with van der Waals surface area (Å²) < 4.78 is 6.56. The van der Waals surface area contributed by atoms with Crippen molar-refractivity contribution in [3.63, 3.8) is 0 Å². The number of nitrogens with two attached hydrogens (primary N) is 1. The molecule has 4 N–H and O–H groups in total. The molecule has 6 nitrogen and oxygen atoms in total. The monoisotopic (exact) mass is 238 g/mol. The Morgan fingerprint density at radius 3 is 2.88 bits per heavy atom. The molecular formula is C9H10N4O2S. The number of aromatic hydroxyl groups is 1. The van der Waals surface area contributed by atoms with E-state index in [1.807, 2.05) is 0 Å². The van der Waals surface area contributed by atoms with Gasteiger partial charge in [-0.05, 0) is 30.4 Å². The molecule has 1 aromatic carbocycles. The molecule has 0 unspecified atom stereocenters. The number of benzene rings is 1.